The summed E-state index contributed by atoms with van der Waals surface area (Å²) in [7, 11) is 0. The first-order valence-electron chi connectivity index (χ1n) is 6.39. The molecule has 0 radical (unpaired) electrons. The molecule has 0 saturated heterocycles. The molecule has 0 unspecified atom stereocenters. The van der Waals surface area contributed by atoms with Crippen LogP contribution in [0.2, 0.25) is 0 Å². The second-order valence-corrected chi connectivity index (χ2v) is 4.87. The molecule has 0 atom stereocenters. The monoisotopic (exact) mass is 253 g/mol. The fraction of sp³-hybridized carbons (Fsp3) is 0.692. The summed E-state index contributed by atoms with van der Waals surface area (Å²) in [5.41, 5.74) is 0.918. The topological polar surface area (TPSA) is 67.2 Å². The molecule has 0 spiro atoms. The number of nitrogens with one attached hydrogen (secondary N) is 2. The fourth-order valence-corrected chi connectivity index (χ4v) is 1.42. The van der Waals surface area contributed by atoms with Crippen molar-refractivity contribution < 1.29 is 9.21 Å². The second kappa shape index (κ2) is 7.16. The molecule has 0 aliphatic rings. The quantitative estimate of drug-likeness (QED) is 0.723. The maximum absolute atomic E-state index is 11.4. The number of carbonyl (C=O) groups is 1. The zero-order chi connectivity index (χ0) is 13.5. The Morgan fingerprint density at radius 1 is 1.39 bits per heavy atom. The maximum Gasteiger partial charge on any atom is 0.221 e. The van der Waals surface area contributed by atoms with E-state index in [0.29, 0.717) is 31.3 Å². The van der Waals surface area contributed by atoms with Crippen LogP contribution in [0.3, 0.4) is 0 Å². The lowest BCUT2D eigenvalue weighted by Gasteiger charge is -2.07. The summed E-state index contributed by atoms with van der Waals surface area (Å²) in [4.78, 5) is 15.7. The Morgan fingerprint density at radius 2 is 2.11 bits per heavy atom. The van der Waals surface area contributed by atoms with Crippen molar-refractivity contribution in [2.24, 2.45) is 5.92 Å². The Hall–Kier alpha value is -1.36. The van der Waals surface area contributed by atoms with Crippen LogP contribution in [0, 0.1) is 19.8 Å². The van der Waals surface area contributed by atoms with Gasteiger partial charge in [0.1, 0.15) is 5.76 Å². The summed E-state index contributed by atoms with van der Waals surface area (Å²) in [6.45, 7) is 9.89. The van der Waals surface area contributed by atoms with Crippen molar-refractivity contribution in [3.63, 3.8) is 0 Å². The van der Waals surface area contributed by atoms with Crippen LogP contribution < -0.4 is 10.6 Å². The third kappa shape index (κ3) is 5.31. The number of carbonyl (C=O) groups excluding carboxylic acids is 1. The van der Waals surface area contributed by atoms with Crippen molar-refractivity contribution in [3.05, 3.63) is 17.3 Å². The first kappa shape index (κ1) is 14.7. The second-order valence-electron chi connectivity index (χ2n) is 4.87. The molecular weight excluding hydrogens is 230 g/mol. The average molecular weight is 253 g/mol. The molecule has 1 aromatic heterocycles. The van der Waals surface area contributed by atoms with Crippen LogP contribution in [0.5, 0.6) is 0 Å². The molecule has 1 heterocycles. The Balaban J connectivity index is 2.13. The van der Waals surface area contributed by atoms with E-state index in [4.69, 9.17) is 4.42 Å². The highest BCUT2D eigenvalue weighted by molar-refractivity contribution is 5.76. The molecule has 0 saturated carbocycles. The fourth-order valence-electron chi connectivity index (χ4n) is 1.42. The average Bonchev–Trinajstić information content (AvgIpc) is 2.62. The Labute approximate surface area is 108 Å². The zero-order valence-corrected chi connectivity index (χ0v) is 11.7. The molecule has 0 bridgehead atoms. The molecular formula is C13H23N3O2. The Kier molecular flexibility index (Phi) is 5.85. The predicted octanol–water partition coefficient (Wildman–Crippen LogP) is 1.54. The number of aromatic nitrogens is 1. The molecule has 0 aliphatic carbocycles. The maximum atomic E-state index is 11.4. The van der Waals surface area contributed by atoms with E-state index in [9.17, 15) is 4.79 Å². The number of hydrogen-bond donors (Lipinski definition) is 2. The number of oxazole rings is 1. The molecule has 5 heteroatoms. The van der Waals surface area contributed by atoms with Gasteiger partial charge in [0.25, 0.3) is 0 Å². The van der Waals surface area contributed by atoms with Crippen LogP contribution in [-0.4, -0.2) is 24.0 Å². The summed E-state index contributed by atoms with van der Waals surface area (Å²) in [6.07, 6.45) is 0.478. The third-order valence-electron chi connectivity index (χ3n) is 2.59. The number of hydrogen-bond acceptors (Lipinski definition) is 4. The third-order valence-corrected chi connectivity index (χ3v) is 2.59. The van der Waals surface area contributed by atoms with E-state index >= 15 is 0 Å². The van der Waals surface area contributed by atoms with E-state index in [1.165, 1.54) is 0 Å². The number of amides is 1. The van der Waals surface area contributed by atoms with E-state index in [0.717, 1.165) is 18.0 Å². The van der Waals surface area contributed by atoms with Gasteiger partial charge in [0.15, 0.2) is 0 Å². The number of rotatable bonds is 7. The standard InChI is InChI=1S/C13H23N3O2/c1-9(2)7-15-12(17)5-6-14-8-13-16-10(3)11(4)18-13/h9,14H,5-8H2,1-4H3,(H,15,17). The Morgan fingerprint density at radius 3 is 2.67 bits per heavy atom. The summed E-state index contributed by atoms with van der Waals surface area (Å²) >= 11 is 0. The molecule has 1 aromatic rings. The smallest absolute Gasteiger partial charge is 0.221 e. The highest BCUT2D eigenvalue weighted by atomic mass is 16.4. The normalized spacial score (nSPS) is 10.9. The van der Waals surface area contributed by atoms with Crippen LogP contribution >= 0.6 is 0 Å². The van der Waals surface area contributed by atoms with Crippen LogP contribution in [0.1, 0.15) is 37.6 Å². The van der Waals surface area contributed by atoms with Gasteiger partial charge in [-0.1, -0.05) is 13.8 Å². The molecule has 1 rings (SSSR count). The largest absolute Gasteiger partial charge is 0.444 e. The van der Waals surface area contributed by atoms with Gasteiger partial charge in [-0.2, -0.15) is 0 Å². The van der Waals surface area contributed by atoms with E-state index < -0.39 is 0 Å². The van der Waals surface area contributed by atoms with Gasteiger partial charge in [0.2, 0.25) is 11.8 Å². The number of aryl methyl sites for hydroxylation is 2. The van der Waals surface area contributed by atoms with Gasteiger partial charge in [-0.05, 0) is 19.8 Å². The summed E-state index contributed by atoms with van der Waals surface area (Å²) in [6, 6.07) is 0. The van der Waals surface area contributed by atoms with Crippen molar-refractivity contribution in [1.29, 1.82) is 0 Å². The molecule has 0 fully saturated rings. The van der Waals surface area contributed by atoms with Gasteiger partial charge in [-0.15, -0.1) is 0 Å². The molecule has 1 amide bonds. The van der Waals surface area contributed by atoms with Gasteiger partial charge in [0, 0.05) is 19.5 Å². The van der Waals surface area contributed by atoms with Gasteiger partial charge < -0.3 is 15.1 Å². The summed E-state index contributed by atoms with van der Waals surface area (Å²) in [5.74, 6) is 2.09. The van der Waals surface area contributed by atoms with Gasteiger partial charge in [-0.3, -0.25) is 4.79 Å². The minimum absolute atomic E-state index is 0.0796. The molecule has 0 aliphatic heterocycles. The zero-order valence-electron chi connectivity index (χ0n) is 11.7. The molecule has 2 N–H and O–H groups in total. The first-order chi connectivity index (χ1) is 8.49. The first-order valence-corrected chi connectivity index (χ1v) is 6.39. The van der Waals surface area contributed by atoms with E-state index in [1.807, 2.05) is 13.8 Å². The van der Waals surface area contributed by atoms with Gasteiger partial charge >= 0.3 is 0 Å². The highest BCUT2D eigenvalue weighted by Crippen LogP contribution is 2.07. The number of nitrogens with zero attached hydrogens (tertiary/aromatic N) is 1. The molecule has 18 heavy (non-hydrogen) atoms. The molecule has 5 nitrogen and oxygen atoms in total. The van der Waals surface area contributed by atoms with Gasteiger partial charge in [0.05, 0.1) is 12.2 Å². The van der Waals surface area contributed by atoms with Gasteiger partial charge in [-0.25, -0.2) is 4.98 Å². The predicted molar refractivity (Wildman–Crippen MR) is 70.1 cm³/mol. The van der Waals surface area contributed by atoms with Crippen molar-refractivity contribution in [1.82, 2.24) is 15.6 Å². The van der Waals surface area contributed by atoms with E-state index in [-0.39, 0.29) is 5.91 Å². The minimum Gasteiger partial charge on any atom is -0.444 e. The van der Waals surface area contributed by atoms with E-state index in [1.54, 1.807) is 0 Å². The SMILES string of the molecule is Cc1nc(CNCCC(=O)NCC(C)C)oc1C. The van der Waals surface area contributed by atoms with Crippen molar-refractivity contribution >= 4 is 5.91 Å². The lowest BCUT2D eigenvalue weighted by Crippen LogP contribution is -2.30. The Bertz CT molecular complexity index is 366. The van der Waals surface area contributed by atoms with E-state index in [2.05, 4.69) is 29.5 Å². The van der Waals surface area contributed by atoms with Crippen LogP contribution in [0.4, 0.5) is 0 Å². The lowest BCUT2D eigenvalue weighted by atomic mass is 10.2. The van der Waals surface area contributed by atoms with Crippen LogP contribution in [0.25, 0.3) is 0 Å². The van der Waals surface area contributed by atoms with Crippen molar-refractivity contribution in [2.75, 3.05) is 13.1 Å². The lowest BCUT2D eigenvalue weighted by molar-refractivity contribution is -0.121. The van der Waals surface area contributed by atoms with Crippen molar-refractivity contribution in [3.8, 4) is 0 Å². The molecule has 0 aromatic carbocycles. The van der Waals surface area contributed by atoms with Crippen LogP contribution in [-0.2, 0) is 11.3 Å². The van der Waals surface area contributed by atoms with Crippen molar-refractivity contribution in [2.45, 2.75) is 40.7 Å². The summed E-state index contributed by atoms with van der Waals surface area (Å²) in [5, 5.41) is 6.02. The molecule has 102 valence electrons. The minimum atomic E-state index is 0.0796. The van der Waals surface area contributed by atoms with Crippen LogP contribution in [0.15, 0.2) is 4.42 Å². The summed E-state index contributed by atoms with van der Waals surface area (Å²) < 4.78 is 5.43. The highest BCUT2D eigenvalue weighted by Gasteiger charge is 2.05.